The van der Waals surface area contributed by atoms with E-state index in [0.717, 1.165) is 12.5 Å². The Balaban J connectivity index is 1.88. The lowest BCUT2D eigenvalue weighted by molar-refractivity contribution is -0.140. The van der Waals surface area contributed by atoms with Gasteiger partial charge in [0.15, 0.2) is 0 Å². The maximum Gasteiger partial charge on any atom is 0.423 e. The van der Waals surface area contributed by atoms with E-state index in [2.05, 4.69) is 5.92 Å². The number of terminal acetylenes is 1. The zero-order chi connectivity index (χ0) is 24.2. The molecular weight excluding hydrogens is 445 g/mol. The fourth-order valence-corrected chi connectivity index (χ4v) is 3.47. The summed E-state index contributed by atoms with van der Waals surface area (Å²) >= 11 is 0. The third-order valence-electron chi connectivity index (χ3n) is 5.00. The highest BCUT2D eigenvalue weighted by Crippen LogP contribution is 2.32. The van der Waals surface area contributed by atoms with Crippen LogP contribution >= 0.6 is 0 Å². The van der Waals surface area contributed by atoms with Crippen molar-refractivity contribution in [2.45, 2.75) is 44.6 Å². The van der Waals surface area contributed by atoms with Gasteiger partial charge in [-0.05, 0) is 5.56 Å². The molecular formula is C22H21F3N2O6. The molecule has 3 atom stereocenters. The van der Waals surface area contributed by atoms with Gasteiger partial charge < -0.3 is 14.2 Å². The number of carbonyl (C=O) groups excluding carboxylic acids is 1. The van der Waals surface area contributed by atoms with Crippen molar-refractivity contribution in [3.05, 3.63) is 68.5 Å². The van der Waals surface area contributed by atoms with Gasteiger partial charge >= 0.3 is 11.9 Å². The quantitative estimate of drug-likeness (QED) is 0.582. The first-order valence-corrected chi connectivity index (χ1v) is 9.92. The van der Waals surface area contributed by atoms with E-state index in [4.69, 9.17) is 20.6 Å². The van der Waals surface area contributed by atoms with Crippen LogP contribution in [0.1, 0.15) is 35.5 Å². The molecule has 11 heteroatoms. The first kappa shape index (κ1) is 24.4. The van der Waals surface area contributed by atoms with Crippen molar-refractivity contribution in [1.82, 2.24) is 9.13 Å². The maximum absolute atomic E-state index is 13.4. The van der Waals surface area contributed by atoms with Crippen LogP contribution in [0, 0.1) is 12.3 Å². The van der Waals surface area contributed by atoms with Gasteiger partial charge in [-0.1, -0.05) is 36.3 Å². The van der Waals surface area contributed by atoms with Crippen LogP contribution in [0.5, 0.6) is 0 Å². The molecule has 0 amide bonds. The van der Waals surface area contributed by atoms with Crippen molar-refractivity contribution in [2.24, 2.45) is 0 Å². The van der Waals surface area contributed by atoms with Crippen molar-refractivity contribution in [1.29, 1.82) is 0 Å². The van der Waals surface area contributed by atoms with E-state index in [0.29, 0.717) is 10.8 Å². The lowest BCUT2D eigenvalue weighted by Crippen LogP contribution is -2.46. The SMILES string of the molecule is C#CCO[C@H]1C[C@H](n2cc(C(F)(F)F)c(=O)n(C(C)=O)c2=O)O[C@@H]1COCc1ccccc1. The molecule has 33 heavy (non-hydrogen) atoms. The summed E-state index contributed by atoms with van der Waals surface area (Å²) in [5.41, 5.74) is -3.75. The average Bonchev–Trinajstić information content (AvgIpc) is 3.14. The zero-order valence-corrected chi connectivity index (χ0v) is 17.6. The number of carbonyl (C=O) groups is 1. The Morgan fingerprint density at radius 1 is 1.27 bits per heavy atom. The highest BCUT2D eigenvalue weighted by atomic mass is 19.4. The molecule has 0 saturated carbocycles. The fourth-order valence-electron chi connectivity index (χ4n) is 3.47. The van der Waals surface area contributed by atoms with Crippen LogP contribution in [0.2, 0.25) is 0 Å². The third-order valence-corrected chi connectivity index (χ3v) is 5.00. The minimum atomic E-state index is -5.08. The van der Waals surface area contributed by atoms with Crippen LogP contribution in [0.25, 0.3) is 0 Å². The smallest absolute Gasteiger partial charge is 0.374 e. The van der Waals surface area contributed by atoms with Gasteiger partial charge in [0.1, 0.15) is 24.5 Å². The van der Waals surface area contributed by atoms with Crippen LogP contribution in [-0.4, -0.2) is 40.5 Å². The largest absolute Gasteiger partial charge is 0.423 e. The minimum Gasteiger partial charge on any atom is -0.374 e. The summed E-state index contributed by atoms with van der Waals surface area (Å²) in [5, 5.41) is 0. The average molecular weight is 466 g/mol. The summed E-state index contributed by atoms with van der Waals surface area (Å²) in [6.45, 7) is 0.988. The zero-order valence-electron chi connectivity index (χ0n) is 17.6. The van der Waals surface area contributed by atoms with Gasteiger partial charge in [0.05, 0.1) is 19.3 Å². The maximum atomic E-state index is 13.4. The Kier molecular flexibility index (Phi) is 7.53. The van der Waals surface area contributed by atoms with Gasteiger partial charge in [0.2, 0.25) is 5.91 Å². The second-order valence-electron chi connectivity index (χ2n) is 7.31. The van der Waals surface area contributed by atoms with E-state index in [1.165, 1.54) is 0 Å². The van der Waals surface area contributed by atoms with E-state index >= 15 is 0 Å². The van der Waals surface area contributed by atoms with E-state index in [1.54, 1.807) is 0 Å². The molecule has 8 nitrogen and oxygen atoms in total. The molecule has 2 aromatic rings. The molecule has 1 fully saturated rings. The first-order chi connectivity index (χ1) is 15.6. The molecule has 0 aliphatic carbocycles. The van der Waals surface area contributed by atoms with Crippen LogP contribution in [0.15, 0.2) is 46.1 Å². The number of halogens is 3. The van der Waals surface area contributed by atoms with Crippen molar-refractivity contribution in [2.75, 3.05) is 13.2 Å². The van der Waals surface area contributed by atoms with Crippen LogP contribution in [0.4, 0.5) is 13.2 Å². The topological polar surface area (TPSA) is 88.8 Å². The number of hydrogen-bond donors (Lipinski definition) is 0. The number of rotatable bonds is 7. The van der Waals surface area contributed by atoms with Crippen molar-refractivity contribution >= 4 is 5.91 Å². The van der Waals surface area contributed by atoms with Crippen LogP contribution in [-0.2, 0) is 27.0 Å². The molecule has 0 N–H and O–H groups in total. The van der Waals surface area contributed by atoms with Gasteiger partial charge in [-0.3, -0.25) is 14.2 Å². The van der Waals surface area contributed by atoms with Crippen molar-refractivity contribution < 1.29 is 32.2 Å². The van der Waals surface area contributed by atoms with Gasteiger partial charge in [0, 0.05) is 19.5 Å². The van der Waals surface area contributed by atoms with E-state index in [9.17, 15) is 27.6 Å². The van der Waals surface area contributed by atoms with Crippen LogP contribution in [0.3, 0.4) is 0 Å². The Hall–Kier alpha value is -3.20. The Morgan fingerprint density at radius 2 is 1.97 bits per heavy atom. The van der Waals surface area contributed by atoms with E-state index in [1.807, 2.05) is 30.3 Å². The molecule has 1 saturated heterocycles. The normalized spacial score (nSPS) is 20.5. The molecule has 0 spiro atoms. The molecule has 3 rings (SSSR count). The van der Waals surface area contributed by atoms with E-state index in [-0.39, 0.29) is 30.8 Å². The number of benzene rings is 1. The number of alkyl halides is 3. The summed E-state index contributed by atoms with van der Waals surface area (Å²) in [4.78, 5) is 36.5. The second kappa shape index (κ2) is 10.2. The molecule has 1 aromatic carbocycles. The number of nitrogens with zero attached hydrogens (tertiary/aromatic N) is 2. The monoisotopic (exact) mass is 466 g/mol. The summed E-state index contributed by atoms with van der Waals surface area (Å²) in [7, 11) is 0. The number of hydrogen-bond acceptors (Lipinski definition) is 6. The Morgan fingerprint density at radius 3 is 2.58 bits per heavy atom. The summed E-state index contributed by atoms with van der Waals surface area (Å²) in [6.07, 6.45) is -2.23. The molecule has 0 radical (unpaired) electrons. The second-order valence-corrected chi connectivity index (χ2v) is 7.31. The first-order valence-electron chi connectivity index (χ1n) is 9.92. The Bertz CT molecular complexity index is 1150. The van der Waals surface area contributed by atoms with Gasteiger partial charge in [-0.2, -0.15) is 17.7 Å². The van der Waals surface area contributed by atoms with Crippen molar-refractivity contribution in [3.63, 3.8) is 0 Å². The minimum absolute atomic E-state index is 0.00780. The van der Waals surface area contributed by atoms with Crippen molar-refractivity contribution in [3.8, 4) is 12.3 Å². The molecule has 1 aliphatic heterocycles. The highest BCUT2D eigenvalue weighted by molar-refractivity contribution is 5.75. The molecule has 2 heterocycles. The lowest BCUT2D eigenvalue weighted by atomic mass is 10.2. The summed E-state index contributed by atoms with van der Waals surface area (Å²) < 4.78 is 57.7. The van der Waals surface area contributed by atoms with Crippen LogP contribution < -0.4 is 11.2 Å². The predicted molar refractivity (Wildman–Crippen MR) is 109 cm³/mol. The van der Waals surface area contributed by atoms with Gasteiger partial charge in [-0.15, -0.1) is 6.42 Å². The van der Waals surface area contributed by atoms with Gasteiger partial charge in [0.25, 0.3) is 5.56 Å². The number of aromatic nitrogens is 2. The van der Waals surface area contributed by atoms with E-state index < -0.39 is 47.3 Å². The lowest BCUT2D eigenvalue weighted by Gasteiger charge is -2.19. The fraction of sp³-hybridized carbons (Fsp3) is 0.409. The predicted octanol–water partition coefficient (Wildman–Crippen LogP) is 2.21. The molecule has 176 valence electrons. The highest BCUT2D eigenvalue weighted by Gasteiger charge is 2.41. The standard InChI is InChI=1S/C22H21F3N2O6/c1-3-9-32-17-10-19(33-18(17)13-31-12-15-7-5-4-6-8-15)26-11-16(22(23,24)25)20(29)27(14(2)28)21(26)30/h1,4-8,11,17-19H,9-10,12-13H2,2H3/t17-,18+,19+/m0/s1. The number of ether oxygens (including phenoxy) is 3. The molecule has 1 aliphatic rings. The summed E-state index contributed by atoms with van der Waals surface area (Å²) in [5.74, 6) is 1.15. The molecule has 0 unspecified atom stereocenters. The summed E-state index contributed by atoms with van der Waals surface area (Å²) in [6, 6.07) is 9.25. The Labute approximate surface area is 186 Å². The van der Waals surface area contributed by atoms with Gasteiger partial charge in [-0.25, -0.2) is 4.79 Å². The molecule has 1 aromatic heterocycles. The molecule has 0 bridgehead atoms. The third kappa shape index (κ3) is 5.60.